The molecule has 1 radical (unpaired) electrons. The summed E-state index contributed by atoms with van der Waals surface area (Å²) < 4.78 is 0. The number of rotatable bonds is 3. The van der Waals surface area contributed by atoms with Crippen LogP contribution in [-0.4, -0.2) is 31.1 Å². The van der Waals surface area contributed by atoms with Crippen LogP contribution in [0.5, 0.6) is 0 Å². The molecule has 0 N–H and O–H groups in total. The van der Waals surface area contributed by atoms with Gasteiger partial charge in [-0.05, 0) is 12.8 Å². The van der Waals surface area contributed by atoms with Crippen molar-refractivity contribution in [3.63, 3.8) is 0 Å². The molecule has 7 heteroatoms. The minimum Gasteiger partial charge on any atom is -0.662 e. The maximum atomic E-state index is 5.71. The van der Waals surface area contributed by atoms with Crippen LogP contribution in [0.3, 0.4) is 0 Å². The van der Waals surface area contributed by atoms with Crippen LogP contribution in [-0.2, 0) is 37.5 Å². The summed E-state index contributed by atoms with van der Waals surface area (Å²) in [5, 5.41) is 4.28. The third-order valence-electron chi connectivity index (χ3n) is 1.85. The molecular weight excluding hydrogens is 310 g/mol. The van der Waals surface area contributed by atoms with Crippen LogP contribution in [0.15, 0.2) is 0 Å². The topological polar surface area (TPSA) is 26.6 Å². The SMILES string of the molecule is CN(OC1CC[N-]CC1)P(P)P.[CH3-].[Y]. The number of hydroxylamine groups is 1. The van der Waals surface area contributed by atoms with Gasteiger partial charge in [0, 0.05) is 47.2 Å². The van der Waals surface area contributed by atoms with Crippen molar-refractivity contribution >= 4 is 25.3 Å². The van der Waals surface area contributed by atoms with Gasteiger partial charge in [0.2, 0.25) is 0 Å². The maximum Gasteiger partial charge on any atom is 0.0764 e. The number of hydrogen-bond donors (Lipinski definition) is 0. The summed E-state index contributed by atoms with van der Waals surface area (Å²) >= 11 is 0. The van der Waals surface area contributed by atoms with Crippen molar-refractivity contribution < 1.29 is 37.5 Å². The van der Waals surface area contributed by atoms with Gasteiger partial charge in [-0.15, -0.1) is 13.1 Å². The summed E-state index contributed by atoms with van der Waals surface area (Å²) in [5.41, 5.74) is 0. The van der Waals surface area contributed by atoms with Crippen molar-refractivity contribution in [2.24, 2.45) is 0 Å². The van der Waals surface area contributed by atoms with E-state index >= 15 is 0 Å². The maximum absolute atomic E-state index is 5.71. The van der Waals surface area contributed by atoms with Gasteiger partial charge in [-0.1, -0.05) is 17.9 Å². The average molecular weight is 329 g/mol. The van der Waals surface area contributed by atoms with Gasteiger partial charge < -0.3 is 12.7 Å². The Morgan fingerprint density at radius 2 is 1.86 bits per heavy atom. The second kappa shape index (κ2) is 10.4. The summed E-state index contributed by atoms with van der Waals surface area (Å²) in [4.78, 5) is 7.64. The van der Waals surface area contributed by atoms with Crippen molar-refractivity contribution in [2.45, 2.75) is 18.9 Å². The van der Waals surface area contributed by atoms with Crippen LogP contribution in [0.2, 0.25) is 0 Å². The van der Waals surface area contributed by atoms with Gasteiger partial charge in [0.1, 0.15) is 0 Å². The zero-order chi connectivity index (χ0) is 8.97. The number of piperidine rings is 1. The van der Waals surface area contributed by atoms with E-state index in [0.717, 1.165) is 25.9 Å². The van der Waals surface area contributed by atoms with E-state index in [1.165, 1.54) is 0 Å². The summed E-state index contributed by atoms with van der Waals surface area (Å²) in [6.07, 6.45) is 2.53. The Kier molecular flexibility index (Phi) is 13.9. The first kappa shape index (κ1) is 18.6. The Morgan fingerprint density at radius 1 is 1.36 bits per heavy atom. The molecule has 0 bridgehead atoms. The molecule has 0 aromatic carbocycles. The minimum atomic E-state index is -0.273. The van der Waals surface area contributed by atoms with Crippen LogP contribution in [0.4, 0.5) is 0 Å². The fraction of sp³-hybridized carbons (Fsp3) is 0.857. The van der Waals surface area contributed by atoms with E-state index in [1.54, 1.807) is 0 Å². The van der Waals surface area contributed by atoms with Gasteiger partial charge in [-0.25, -0.2) is 0 Å². The summed E-state index contributed by atoms with van der Waals surface area (Å²) in [5.74, 6) is 0. The van der Waals surface area contributed by atoms with Gasteiger partial charge >= 0.3 is 0 Å². The fourth-order valence-electron chi connectivity index (χ4n) is 1.10. The zero-order valence-corrected chi connectivity index (χ0v) is 14.9. The molecule has 2 unspecified atom stereocenters. The predicted molar refractivity (Wildman–Crippen MR) is 67.7 cm³/mol. The van der Waals surface area contributed by atoms with Gasteiger partial charge in [-0.3, -0.25) is 4.84 Å². The third-order valence-corrected chi connectivity index (χ3v) is 4.54. The molecule has 1 saturated heterocycles. The molecule has 0 aromatic heterocycles. The monoisotopic (exact) mass is 329 g/mol. The molecule has 14 heavy (non-hydrogen) atoms. The summed E-state index contributed by atoms with van der Waals surface area (Å²) in [7, 11) is 7.20. The Morgan fingerprint density at radius 3 is 2.29 bits per heavy atom. The van der Waals surface area contributed by atoms with E-state index in [9.17, 15) is 0 Å². The Bertz CT molecular complexity index is 136. The summed E-state index contributed by atoms with van der Waals surface area (Å²) in [6.45, 7) is 1.92. The van der Waals surface area contributed by atoms with Crippen LogP contribution < -0.4 is 0 Å². The van der Waals surface area contributed by atoms with E-state index in [0.29, 0.717) is 6.10 Å². The van der Waals surface area contributed by atoms with E-state index in [2.05, 4.69) is 23.2 Å². The van der Waals surface area contributed by atoms with Crippen molar-refractivity contribution in [2.75, 3.05) is 20.1 Å². The third kappa shape index (κ3) is 7.53. The van der Waals surface area contributed by atoms with Crippen LogP contribution in [0.25, 0.3) is 5.32 Å². The summed E-state index contributed by atoms with van der Waals surface area (Å²) in [6, 6.07) is 0. The predicted octanol–water partition coefficient (Wildman–Crippen LogP) is 2.81. The molecule has 0 aliphatic carbocycles. The standard InChI is InChI=1S/C6H16N2OP3.CH3.Y/c1-8(12(10)11)9-6-2-4-7-5-3-6;;/h6H,2-5,10-11H2,1H3;1H3;/q2*-1;. The molecule has 1 rings (SSSR count). The van der Waals surface area contributed by atoms with Crippen molar-refractivity contribution in [3.05, 3.63) is 12.7 Å². The van der Waals surface area contributed by atoms with Gasteiger partial charge in [0.25, 0.3) is 0 Å². The Balaban J connectivity index is 0. The molecule has 0 amide bonds. The largest absolute Gasteiger partial charge is 0.662 e. The first-order chi connectivity index (χ1) is 5.70. The van der Waals surface area contributed by atoms with Gasteiger partial charge in [0.15, 0.2) is 0 Å². The van der Waals surface area contributed by atoms with E-state index in [-0.39, 0.29) is 47.6 Å². The molecule has 83 valence electrons. The Hall–Kier alpha value is 2.27. The smallest absolute Gasteiger partial charge is 0.0764 e. The van der Waals surface area contributed by atoms with Crippen LogP contribution >= 0.6 is 25.3 Å². The molecule has 1 fully saturated rings. The normalized spacial score (nSPS) is 17.8. The molecule has 1 aliphatic heterocycles. The molecule has 0 aromatic rings. The van der Waals surface area contributed by atoms with Crippen molar-refractivity contribution in [1.82, 2.24) is 4.83 Å². The molecule has 1 aliphatic rings. The fourth-order valence-corrected chi connectivity index (χ4v) is 1.67. The second-order valence-electron chi connectivity index (χ2n) is 2.82. The van der Waals surface area contributed by atoms with Crippen LogP contribution in [0.1, 0.15) is 12.8 Å². The second-order valence-corrected chi connectivity index (χ2v) is 9.11. The molecule has 1 heterocycles. The first-order valence-electron chi connectivity index (χ1n) is 4.03. The zero-order valence-electron chi connectivity index (χ0n) is 8.89. The van der Waals surface area contributed by atoms with Gasteiger partial charge in [-0.2, -0.15) is 4.83 Å². The first-order valence-corrected chi connectivity index (χ1v) is 8.56. The number of nitrogens with zero attached hydrogens (tertiary/aromatic N) is 2. The molecular formula is C7H19N2OP3Y-2. The van der Waals surface area contributed by atoms with E-state index in [4.69, 9.17) is 4.84 Å². The molecule has 0 saturated carbocycles. The van der Waals surface area contributed by atoms with Crippen LogP contribution in [0, 0.1) is 7.43 Å². The van der Waals surface area contributed by atoms with Crippen molar-refractivity contribution in [1.29, 1.82) is 0 Å². The minimum absolute atomic E-state index is 0. The van der Waals surface area contributed by atoms with Gasteiger partial charge in [0.05, 0.1) is 6.10 Å². The van der Waals surface area contributed by atoms with Crippen molar-refractivity contribution in [3.8, 4) is 0 Å². The average Bonchev–Trinajstić information content (AvgIpc) is 2.06. The molecule has 0 spiro atoms. The quantitative estimate of drug-likeness (QED) is 0.452. The van der Waals surface area contributed by atoms with E-state index in [1.807, 2.05) is 11.9 Å². The van der Waals surface area contributed by atoms with E-state index < -0.39 is 0 Å². The Labute approximate surface area is 119 Å². The number of hydrogen-bond acceptors (Lipinski definition) is 2. The molecule has 2 atom stereocenters. The molecule has 3 nitrogen and oxygen atoms in total.